The van der Waals surface area contributed by atoms with Gasteiger partial charge in [-0.25, -0.2) is 4.79 Å². The first-order chi connectivity index (χ1) is 23.2. The van der Waals surface area contributed by atoms with Crippen LogP contribution in [0.2, 0.25) is 0 Å². The largest absolute Gasteiger partial charge is 0.484 e. The number of ether oxygens (including phenoxy) is 2. The van der Waals surface area contributed by atoms with Crippen molar-refractivity contribution < 1.29 is 14.3 Å². The van der Waals surface area contributed by atoms with Gasteiger partial charge in [0.2, 0.25) is 5.95 Å². The topological polar surface area (TPSA) is 96.3 Å². The van der Waals surface area contributed by atoms with E-state index < -0.39 is 0 Å². The molecule has 7 rings (SSSR count). The molecule has 3 atom stereocenters. The standard InChI is InChI=1S/C38H49N7O3/c1-26-9-7-8-18-44(26)37-42-41-35-17-14-29(25-45(35)37)48-34-16-15-32(30-10-5-6-11-31(30)34)39-36(46)40-33-23-28(38(2,3)4)13-12-27(33)24-43-19-21-47-22-20-43/h5-6,10-14,17,23,25-26,32,34H,7-9,15-16,18-22,24H2,1-4H3,(H2,39,40,46)/t26?,32-,34+/m0/s1. The maximum absolute atomic E-state index is 13.6. The normalized spacial score (nSPS) is 21.9. The molecule has 0 bridgehead atoms. The van der Waals surface area contributed by atoms with E-state index in [1.807, 2.05) is 30.5 Å². The first-order valence-electron chi connectivity index (χ1n) is 17.6. The predicted octanol–water partition coefficient (Wildman–Crippen LogP) is 7.01. The van der Waals surface area contributed by atoms with E-state index in [4.69, 9.17) is 9.47 Å². The zero-order valence-corrected chi connectivity index (χ0v) is 28.7. The predicted molar refractivity (Wildman–Crippen MR) is 189 cm³/mol. The van der Waals surface area contributed by atoms with Crippen LogP contribution < -0.4 is 20.3 Å². The molecule has 4 heterocycles. The van der Waals surface area contributed by atoms with Crippen molar-refractivity contribution in [3.8, 4) is 5.75 Å². The Labute approximate surface area is 283 Å². The highest BCUT2D eigenvalue weighted by Crippen LogP contribution is 2.39. The second kappa shape index (κ2) is 13.8. The highest BCUT2D eigenvalue weighted by Gasteiger charge is 2.30. The number of nitrogens with zero attached hydrogens (tertiary/aromatic N) is 5. The average Bonchev–Trinajstić information content (AvgIpc) is 3.50. The molecule has 10 heteroatoms. The number of fused-ring (bicyclic) bond motifs is 2. The van der Waals surface area contributed by atoms with E-state index in [2.05, 4.69) is 93.1 Å². The molecule has 0 saturated carbocycles. The molecule has 3 aliphatic rings. The van der Waals surface area contributed by atoms with Gasteiger partial charge in [-0.3, -0.25) is 9.30 Å². The Kier molecular flexibility index (Phi) is 9.29. The van der Waals surface area contributed by atoms with Gasteiger partial charge < -0.3 is 25.0 Å². The second-order valence-corrected chi connectivity index (χ2v) is 14.6. The lowest BCUT2D eigenvalue weighted by atomic mass is 9.85. The molecule has 2 N–H and O–H groups in total. The summed E-state index contributed by atoms with van der Waals surface area (Å²) in [6.07, 6.45) is 7.02. The Morgan fingerprint density at radius 3 is 2.56 bits per heavy atom. The van der Waals surface area contributed by atoms with E-state index in [1.54, 1.807) is 0 Å². The number of amides is 2. The summed E-state index contributed by atoms with van der Waals surface area (Å²) in [5.74, 6) is 1.66. The van der Waals surface area contributed by atoms with Crippen LogP contribution in [-0.2, 0) is 16.7 Å². The summed E-state index contributed by atoms with van der Waals surface area (Å²) in [5.41, 5.74) is 6.14. The molecular formula is C38H49N7O3. The van der Waals surface area contributed by atoms with Crippen molar-refractivity contribution in [3.63, 3.8) is 0 Å². The van der Waals surface area contributed by atoms with E-state index in [0.717, 1.165) is 98.4 Å². The van der Waals surface area contributed by atoms with Crippen molar-refractivity contribution in [3.05, 3.63) is 83.0 Å². The maximum Gasteiger partial charge on any atom is 0.319 e. The number of carbonyl (C=O) groups excluding carboxylic acids is 1. The van der Waals surface area contributed by atoms with Crippen molar-refractivity contribution in [2.45, 2.75) is 89.9 Å². The number of urea groups is 1. The van der Waals surface area contributed by atoms with Crippen LogP contribution in [0, 0.1) is 0 Å². The third-order valence-electron chi connectivity index (χ3n) is 10.2. The summed E-state index contributed by atoms with van der Waals surface area (Å²) in [4.78, 5) is 18.4. The fourth-order valence-electron chi connectivity index (χ4n) is 7.32. The molecule has 0 radical (unpaired) electrons. The lowest BCUT2D eigenvalue weighted by molar-refractivity contribution is 0.0342. The summed E-state index contributed by atoms with van der Waals surface area (Å²) < 4.78 is 14.3. The number of nitrogens with one attached hydrogen (secondary N) is 2. The molecule has 2 aromatic carbocycles. The Balaban J connectivity index is 1.07. The zero-order chi connectivity index (χ0) is 33.3. The van der Waals surface area contributed by atoms with Crippen LogP contribution in [0.3, 0.4) is 0 Å². The molecule has 2 aliphatic heterocycles. The van der Waals surface area contributed by atoms with Crippen molar-refractivity contribution >= 4 is 23.3 Å². The first-order valence-corrected chi connectivity index (χ1v) is 17.6. The lowest BCUT2D eigenvalue weighted by Gasteiger charge is -2.33. The average molecular weight is 652 g/mol. The van der Waals surface area contributed by atoms with Crippen LogP contribution in [0.25, 0.3) is 5.65 Å². The Morgan fingerprint density at radius 2 is 1.77 bits per heavy atom. The molecule has 2 saturated heterocycles. The van der Waals surface area contributed by atoms with Gasteiger partial charge in [0.15, 0.2) is 5.65 Å². The molecule has 1 aliphatic carbocycles. The van der Waals surface area contributed by atoms with Gasteiger partial charge in [0.25, 0.3) is 0 Å². The number of pyridine rings is 1. The van der Waals surface area contributed by atoms with E-state index in [1.165, 1.54) is 18.4 Å². The fourth-order valence-corrected chi connectivity index (χ4v) is 7.32. The van der Waals surface area contributed by atoms with E-state index in [-0.39, 0.29) is 23.6 Å². The molecule has 4 aromatic rings. The third-order valence-corrected chi connectivity index (χ3v) is 10.2. The van der Waals surface area contributed by atoms with Gasteiger partial charge in [0, 0.05) is 37.9 Å². The minimum atomic E-state index is -0.194. The summed E-state index contributed by atoms with van der Waals surface area (Å²) in [7, 11) is 0. The summed E-state index contributed by atoms with van der Waals surface area (Å²) in [5, 5.41) is 15.5. The Hall–Kier alpha value is -4.15. The molecule has 2 fully saturated rings. The summed E-state index contributed by atoms with van der Waals surface area (Å²) in [6.45, 7) is 13.9. The number of anilines is 2. The minimum absolute atomic E-state index is 0.0336. The van der Waals surface area contributed by atoms with Crippen LogP contribution in [0.1, 0.15) is 94.2 Å². The second-order valence-electron chi connectivity index (χ2n) is 14.6. The van der Waals surface area contributed by atoms with Crippen molar-refractivity contribution in [2.24, 2.45) is 0 Å². The van der Waals surface area contributed by atoms with Gasteiger partial charge in [-0.2, -0.15) is 0 Å². The monoisotopic (exact) mass is 651 g/mol. The van der Waals surface area contributed by atoms with Gasteiger partial charge in [-0.05, 0) is 84.9 Å². The fraction of sp³-hybridized carbons (Fsp3) is 0.500. The van der Waals surface area contributed by atoms with E-state index in [9.17, 15) is 4.79 Å². The van der Waals surface area contributed by atoms with E-state index >= 15 is 0 Å². The molecule has 10 nitrogen and oxygen atoms in total. The van der Waals surface area contributed by atoms with Crippen molar-refractivity contribution in [1.29, 1.82) is 0 Å². The maximum atomic E-state index is 13.6. The number of benzene rings is 2. The van der Waals surface area contributed by atoms with Crippen molar-refractivity contribution in [1.82, 2.24) is 24.8 Å². The zero-order valence-electron chi connectivity index (χ0n) is 28.7. The van der Waals surface area contributed by atoms with Crippen molar-refractivity contribution in [2.75, 3.05) is 43.1 Å². The highest BCUT2D eigenvalue weighted by molar-refractivity contribution is 5.90. The number of morpholine rings is 1. The molecule has 1 unspecified atom stereocenters. The SMILES string of the molecule is CC1CCCCN1c1nnc2ccc(O[C@@H]3CC[C@H](NC(=O)Nc4cc(C(C)(C)C)ccc4CN4CCOCC4)c4ccccc43)cn12. The minimum Gasteiger partial charge on any atom is -0.484 e. The van der Waals surface area contributed by atoms with Gasteiger partial charge in [0.05, 0.1) is 25.5 Å². The quantitative estimate of drug-likeness (QED) is 0.222. The van der Waals surface area contributed by atoms with Crippen LogP contribution in [-0.4, -0.2) is 64.4 Å². The Morgan fingerprint density at radius 1 is 0.958 bits per heavy atom. The number of aromatic nitrogens is 3. The molecule has 0 spiro atoms. The van der Waals surface area contributed by atoms with Gasteiger partial charge in [-0.1, -0.05) is 57.2 Å². The molecule has 2 amide bonds. The van der Waals surface area contributed by atoms with Gasteiger partial charge >= 0.3 is 6.03 Å². The Bertz CT molecular complexity index is 1740. The van der Waals surface area contributed by atoms with Gasteiger partial charge in [-0.15, -0.1) is 10.2 Å². The van der Waals surface area contributed by atoms with Crippen LogP contribution >= 0.6 is 0 Å². The van der Waals surface area contributed by atoms with E-state index in [0.29, 0.717) is 6.04 Å². The number of carbonyl (C=O) groups is 1. The molecular weight excluding hydrogens is 602 g/mol. The number of hydrogen-bond donors (Lipinski definition) is 2. The number of hydrogen-bond acceptors (Lipinski definition) is 7. The molecule has 2 aromatic heterocycles. The summed E-state index contributed by atoms with van der Waals surface area (Å²) >= 11 is 0. The van der Waals surface area contributed by atoms with Gasteiger partial charge in [0.1, 0.15) is 11.9 Å². The number of rotatable bonds is 7. The highest BCUT2D eigenvalue weighted by atomic mass is 16.5. The third kappa shape index (κ3) is 7.00. The van der Waals surface area contributed by atoms with Crippen LogP contribution in [0.15, 0.2) is 60.8 Å². The lowest BCUT2D eigenvalue weighted by Crippen LogP contribution is -2.38. The number of piperidine rings is 1. The molecule has 254 valence electrons. The summed E-state index contributed by atoms with van der Waals surface area (Å²) in [6, 6.07) is 18.9. The van der Waals surface area contributed by atoms with Crippen LogP contribution in [0.4, 0.5) is 16.4 Å². The smallest absolute Gasteiger partial charge is 0.319 e. The molecule has 48 heavy (non-hydrogen) atoms. The van der Waals surface area contributed by atoms with Crippen LogP contribution in [0.5, 0.6) is 5.75 Å². The first kappa shape index (κ1) is 32.4.